The highest BCUT2D eigenvalue weighted by Crippen LogP contribution is 2.31. The molecule has 0 bridgehead atoms. The number of benzene rings is 2. The minimum absolute atomic E-state index is 0.214. The third-order valence-corrected chi connectivity index (χ3v) is 3.20. The number of carbonyl (C=O) groups is 1. The molecule has 0 radical (unpaired) electrons. The zero-order valence-corrected chi connectivity index (χ0v) is 11.6. The van der Waals surface area contributed by atoms with Gasteiger partial charge in [-0.25, -0.2) is 9.18 Å². The van der Waals surface area contributed by atoms with Gasteiger partial charge in [0.15, 0.2) is 0 Å². The number of aromatic carboxylic acids is 1. The standard InChI is InChI=1S/C14H10BrFO3/c1-8-6-10(3-4-11(8)14(17)18)19-13-7-9(16)2-5-12(13)15/h2-7H,1H3,(H,17,18). The summed E-state index contributed by atoms with van der Waals surface area (Å²) in [5.41, 5.74) is 0.795. The fraction of sp³-hybridized carbons (Fsp3) is 0.0714. The lowest BCUT2D eigenvalue weighted by atomic mass is 10.1. The molecule has 0 aromatic heterocycles. The molecule has 0 aliphatic carbocycles. The van der Waals surface area contributed by atoms with Crippen molar-refractivity contribution in [1.82, 2.24) is 0 Å². The van der Waals surface area contributed by atoms with Gasteiger partial charge in [0.05, 0.1) is 10.0 Å². The van der Waals surface area contributed by atoms with Crippen molar-refractivity contribution in [3.63, 3.8) is 0 Å². The number of halogens is 2. The minimum atomic E-state index is -0.990. The summed E-state index contributed by atoms with van der Waals surface area (Å²) in [5.74, 6) is -0.607. The van der Waals surface area contributed by atoms with Crippen molar-refractivity contribution in [3.05, 3.63) is 57.8 Å². The maximum absolute atomic E-state index is 13.1. The van der Waals surface area contributed by atoms with Crippen LogP contribution >= 0.6 is 15.9 Å². The highest BCUT2D eigenvalue weighted by molar-refractivity contribution is 9.10. The first-order chi connectivity index (χ1) is 8.97. The predicted molar refractivity (Wildman–Crippen MR) is 72.3 cm³/mol. The van der Waals surface area contributed by atoms with E-state index in [1.54, 1.807) is 19.1 Å². The zero-order chi connectivity index (χ0) is 14.0. The van der Waals surface area contributed by atoms with Crippen molar-refractivity contribution in [2.24, 2.45) is 0 Å². The Labute approximate surface area is 117 Å². The SMILES string of the molecule is Cc1cc(Oc2cc(F)ccc2Br)ccc1C(=O)O. The van der Waals surface area contributed by atoms with Gasteiger partial charge in [0.1, 0.15) is 17.3 Å². The topological polar surface area (TPSA) is 46.5 Å². The summed E-state index contributed by atoms with van der Waals surface area (Å²) in [5, 5.41) is 8.93. The molecule has 0 heterocycles. The van der Waals surface area contributed by atoms with E-state index in [0.29, 0.717) is 21.5 Å². The molecule has 0 spiro atoms. The number of hydrogen-bond donors (Lipinski definition) is 1. The molecule has 0 saturated heterocycles. The molecule has 0 atom stereocenters. The molecule has 1 N–H and O–H groups in total. The Morgan fingerprint density at radius 2 is 2.00 bits per heavy atom. The largest absolute Gasteiger partial charge is 0.478 e. The molecule has 2 aromatic rings. The van der Waals surface area contributed by atoms with Crippen LogP contribution in [0.25, 0.3) is 0 Å². The highest BCUT2D eigenvalue weighted by Gasteiger charge is 2.09. The average molecular weight is 325 g/mol. The van der Waals surface area contributed by atoms with Gasteiger partial charge in [-0.15, -0.1) is 0 Å². The second kappa shape index (κ2) is 5.40. The van der Waals surface area contributed by atoms with Crippen molar-refractivity contribution in [2.75, 3.05) is 0 Å². The second-order valence-corrected chi connectivity index (χ2v) is 4.81. The fourth-order valence-electron chi connectivity index (χ4n) is 1.62. The molecular weight excluding hydrogens is 315 g/mol. The van der Waals surface area contributed by atoms with Gasteiger partial charge in [0.25, 0.3) is 0 Å². The summed E-state index contributed by atoms with van der Waals surface area (Å²) < 4.78 is 19.3. The Morgan fingerprint density at radius 1 is 1.26 bits per heavy atom. The van der Waals surface area contributed by atoms with Crippen molar-refractivity contribution in [1.29, 1.82) is 0 Å². The number of rotatable bonds is 3. The van der Waals surface area contributed by atoms with E-state index in [2.05, 4.69) is 15.9 Å². The van der Waals surface area contributed by atoms with Gasteiger partial charge in [0, 0.05) is 6.07 Å². The molecule has 0 fully saturated rings. The van der Waals surface area contributed by atoms with Gasteiger partial charge in [-0.2, -0.15) is 0 Å². The second-order valence-electron chi connectivity index (χ2n) is 3.96. The van der Waals surface area contributed by atoms with E-state index in [1.165, 1.54) is 24.3 Å². The minimum Gasteiger partial charge on any atom is -0.478 e. The van der Waals surface area contributed by atoms with E-state index < -0.39 is 11.8 Å². The molecule has 5 heteroatoms. The first-order valence-corrected chi connectivity index (χ1v) is 6.23. The Kier molecular flexibility index (Phi) is 3.85. The molecule has 0 saturated carbocycles. The van der Waals surface area contributed by atoms with E-state index in [4.69, 9.17) is 9.84 Å². The molecule has 98 valence electrons. The van der Waals surface area contributed by atoms with Gasteiger partial charge in [0.2, 0.25) is 0 Å². The van der Waals surface area contributed by atoms with Gasteiger partial charge in [-0.05, 0) is 58.7 Å². The van der Waals surface area contributed by atoms with E-state index >= 15 is 0 Å². The number of aryl methyl sites for hydroxylation is 1. The van der Waals surface area contributed by atoms with E-state index in [1.807, 2.05) is 0 Å². The number of carboxylic acids is 1. The van der Waals surface area contributed by atoms with Gasteiger partial charge >= 0.3 is 5.97 Å². The van der Waals surface area contributed by atoms with Crippen LogP contribution in [0.2, 0.25) is 0 Å². The predicted octanol–water partition coefficient (Wildman–Crippen LogP) is 4.39. The fourth-order valence-corrected chi connectivity index (χ4v) is 1.95. The lowest BCUT2D eigenvalue weighted by Gasteiger charge is -2.09. The molecule has 2 aromatic carbocycles. The number of hydrogen-bond acceptors (Lipinski definition) is 2. The van der Waals surface area contributed by atoms with Crippen LogP contribution in [0.15, 0.2) is 40.9 Å². The maximum Gasteiger partial charge on any atom is 0.335 e. The lowest BCUT2D eigenvalue weighted by molar-refractivity contribution is 0.0696. The molecule has 0 aliphatic rings. The molecule has 0 amide bonds. The average Bonchev–Trinajstić information content (AvgIpc) is 2.33. The first kappa shape index (κ1) is 13.5. The Morgan fingerprint density at radius 3 is 2.63 bits per heavy atom. The summed E-state index contributed by atoms with van der Waals surface area (Å²) in [4.78, 5) is 10.9. The smallest absolute Gasteiger partial charge is 0.335 e. The molecule has 19 heavy (non-hydrogen) atoms. The lowest BCUT2D eigenvalue weighted by Crippen LogP contribution is -1.99. The van der Waals surface area contributed by atoms with Crippen LogP contribution in [-0.4, -0.2) is 11.1 Å². The van der Waals surface area contributed by atoms with Gasteiger partial charge < -0.3 is 9.84 Å². The zero-order valence-electron chi connectivity index (χ0n) is 9.98. The van der Waals surface area contributed by atoms with Crippen LogP contribution in [0, 0.1) is 12.7 Å². The third kappa shape index (κ3) is 3.12. The van der Waals surface area contributed by atoms with E-state index in [-0.39, 0.29) is 5.56 Å². The number of ether oxygens (including phenoxy) is 1. The molecule has 0 unspecified atom stereocenters. The van der Waals surface area contributed by atoms with E-state index in [0.717, 1.165) is 0 Å². The van der Waals surface area contributed by atoms with Crippen molar-refractivity contribution in [3.8, 4) is 11.5 Å². The molecule has 0 aliphatic heterocycles. The quantitative estimate of drug-likeness (QED) is 0.910. The van der Waals surface area contributed by atoms with Gasteiger partial charge in [-0.1, -0.05) is 0 Å². The van der Waals surface area contributed by atoms with E-state index in [9.17, 15) is 9.18 Å². The van der Waals surface area contributed by atoms with Crippen LogP contribution in [0.5, 0.6) is 11.5 Å². The van der Waals surface area contributed by atoms with Gasteiger partial charge in [-0.3, -0.25) is 0 Å². The summed E-state index contributed by atoms with van der Waals surface area (Å²) in [6.07, 6.45) is 0. The van der Waals surface area contributed by atoms with Crippen molar-refractivity contribution in [2.45, 2.75) is 6.92 Å². The molecule has 2 rings (SSSR count). The van der Waals surface area contributed by atoms with Crippen LogP contribution in [0.4, 0.5) is 4.39 Å². The maximum atomic E-state index is 13.1. The highest BCUT2D eigenvalue weighted by atomic mass is 79.9. The Hall–Kier alpha value is -1.88. The van der Waals surface area contributed by atoms with Crippen LogP contribution < -0.4 is 4.74 Å². The Bertz CT molecular complexity index is 641. The number of carboxylic acid groups (broad SMARTS) is 1. The summed E-state index contributed by atoms with van der Waals surface area (Å²) in [6.45, 7) is 1.68. The van der Waals surface area contributed by atoms with Crippen molar-refractivity contribution < 1.29 is 19.0 Å². The monoisotopic (exact) mass is 324 g/mol. The summed E-state index contributed by atoms with van der Waals surface area (Å²) in [6, 6.07) is 8.71. The van der Waals surface area contributed by atoms with Crippen molar-refractivity contribution >= 4 is 21.9 Å². The molecular formula is C14H10BrFO3. The normalized spacial score (nSPS) is 10.3. The molecule has 3 nitrogen and oxygen atoms in total. The summed E-state index contributed by atoms with van der Waals surface area (Å²) >= 11 is 3.26. The van der Waals surface area contributed by atoms with Crippen LogP contribution in [-0.2, 0) is 0 Å². The summed E-state index contributed by atoms with van der Waals surface area (Å²) in [7, 11) is 0. The van der Waals surface area contributed by atoms with Crippen LogP contribution in [0.1, 0.15) is 15.9 Å². The first-order valence-electron chi connectivity index (χ1n) is 5.44. The van der Waals surface area contributed by atoms with Crippen LogP contribution in [0.3, 0.4) is 0 Å². The third-order valence-electron chi connectivity index (χ3n) is 2.55. The Balaban J connectivity index is 2.31.